The van der Waals surface area contributed by atoms with E-state index in [2.05, 4.69) is 26.0 Å². The van der Waals surface area contributed by atoms with Gasteiger partial charge in [-0.3, -0.25) is 10.1 Å². The summed E-state index contributed by atoms with van der Waals surface area (Å²) in [5.41, 5.74) is -0.410. The van der Waals surface area contributed by atoms with Gasteiger partial charge >= 0.3 is 0 Å². The van der Waals surface area contributed by atoms with Gasteiger partial charge in [-0.25, -0.2) is 17.5 Å². The van der Waals surface area contributed by atoms with Crippen LogP contribution in [0.4, 0.5) is 15.8 Å². The molecule has 0 aliphatic carbocycles. The highest BCUT2D eigenvalue weighted by Crippen LogP contribution is 2.30. The molecule has 0 heterocycles. The average Bonchev–Trinajstić information content (AvgIpc) is 2.32. The molecule has 10 heteroatoms. The van der Waals surface area contributed by atoms with Gasteiger partial charge in [-0.1, -0.05) is 0 Å². The summed E-state index contributed by atoms with van der Waals surface area (Å²) in [7, 11) is -2.17. The predicted octanol–water partition coefficient (Wildman–Crippen LogP) is 1.46. The third-order valence-electron chi connectivity index (χ3n) is 2.23. The summed E-state index contributed by atoms with van der Waals surface area (Å²) in [5, 5.41) is 13.3. The second-order valence-electron chi connectivity index (χ2n) is 3.49. The van der Waals surface area contributed by atoms with E-state index < -0.39 is 20.8 Å². The van der Waals surface area contributed by atoms with Crippen molar-refractivity contribution in [1.29, 1.82) is 0 Å². The van der Waals surface area contributed by atoms with E-state index in [4.69, 9.17) is 0 Å². The lowest BCUT2D eigenvalue weighted by molar-refractivity contribution is -0.384. The first-order valence-electron chi connectivity index (χ1n) is 5.05. The Bertz CT molecular complexity index is 593. The van der Waals surface area contributed by atoms with Gasteiger partial charge in [-0.2, -0.15) is 0 Å². The minimum atomic E-state index is -3.43. The number of benzene rings is 1. The fourth-order valence-corrected chi connectivity index (χ4v) is 2.16. The summed E-state index contributed by atoms with van der Waals surface area (Å²) in [6, 6.07) is 1.96. The summed E-state index contributed by atoms with van der Waals surface area (Å²) in [5.74, 6) is -0.956. The van der Waals surface area contributed by atoms with Crippen molar-refractivity contribution in [2.45, 2.75) is 0 Å². The van der Waals surface area contributed by atoms with Crippen molar-refractivity contribution < 1.29 is 17.7 Å². The van der Waals surface area contributed by atoms with E-state index >= 15 is 0 Å². The van der Waals surface area contributed by atoms with Gasteiger partial charge in [0.25, 0.3) is 5.69 Å². The van der Waals surface area contributed by atoms with Gasteiger partial charge in [0.2, 0.25) is 10.0 Å². The van der Waals surface area contributed by atoms with Crippen LogP contribution in [0.2, 0.25) is 0 Å². The molecule has 2 N–H and O–H groups in total. The minimum absolute atomic E-state index is 0.0346. The second-order valence-corrected chi connectivity index (χ2v) is 6.39. The number of nitro benzene ring substituents is 1. The molecule has 0 atom stereocenters. The Morgan fingerprint density at radius 2 is 2.11 bits per heavy atom. The van der Waals surface area contributed by atoms with E-state index in [1.54, 1.807) is 0 Å². The quantitative estimate of drug-likeness (QED) is 0.594. The summed E-state index contributed by atoms with van der Waals surface area (Å²) in [6.07, 6.45) is 0. The van der Waals surface area contributed by atoms with Crippen LogP contribution in [0.15, 0.2) is 16.6 Å². The van der Waals surface area contributed by atoms with Gasteiger partial charge in [0, 0.05) is 18.7 Å². The molecule has 0 bridgehead atoms. The zero-order chi connectivity index (χ0) is 14.6. The molecule has 0 aliphatic rings. The standard InChI is InChI=1S/C9H11BrFN3O4S/c1-12-19(17,18)3-2-13-8-5-7(11)6(10)4-9(8)14(15)16/h4-5,12-13H,2-3H2,1H3. The molecule has 7 nitrogen and oxygen atoms in total. The topological polar surface area (TPSA) is 101 Å². The summed E-state index contributed by atoms with van der Waals surface area (Å²) >= 11 is 2.85. The van der Waals surface area contributed by atoms with Crippen molar-refractivity contribution in [3.63, 3.8) is 0 Å². The van der Waals surface area contributed by atoms with Crippen LogP contribution in [0.25, 0.3) is 0 Å². The Morgan fingerprint density at radius 3 is 2.63 bits per heavy atom. The third kappa shape index (κ3) is 4.40. The van der Waals surface area contributed by atoms with Crippen LogP contribution in [0, 0.1) is 15.9 Å². The molecular formula is C9H11BrFN3O4S. The molecule has 19 heavy (non-hydrogen) atoms. The number of hydrogen-bond donors (Lipinski definition) is 2. The highest BCUT2D eigenvalue weighted by molar-refractivity contribution is 9.10. The van der Waals surface area contributed by atoms with E-state index in [0.29, 0.717) is 0 Å². The number of nitrogens with zero attached hydrogens (tertiary/aromatic N) is 1. The molecule has 0 spiro atoms. The van der Waals surface area contributed by atoms with Crippen LogP contribution in [0.1, 0.15) is 0 Å². The number of halogens is 2. The predicted molar refractivity (Wildman–Crippen MR) is 72.1 cm³/mol. The van der Waals surface area contributed by atoms with Gasteiger partial charge in [0.15, 0.2) is 0 Å². The Balaban J connectivity index is 2.89. The van der Waals surface area contributed by atoms with Crippen molar-refractivity contribution in [2.75, 3.05) is 24.7 Å². The van der Waals surface area contributed by atoms with Crippen LogP contribution >= 0.6 is 15.9 Å². The first-order valence-corrected chi connectivity index (χ1v) is 7.50. The highest BCUT2D eigenvalue weighted by Gasteiger charge is 2.18. The molecule has 0 saturated carbocycles. The fourth-order valence-electron chi connectivity index (χ4n) is 1.25. The number of nitro groups is 1. The van der Waals surface area contributed by atoms with Crippen molar-refractivity contribution >= 4 is 37.3 Å². The van der Waals surface area contributed by atoms with Crippen molar-refractivity contribution in [3.05, 3.63) is 32.5 Å². The number of anilines is 1. The zero-order valence-corrected chi connectivity index (χ0v) is 12.2. The molecule has 0 aliphatic heterocycles. The summed E-state index contributed by atoms with van der Waals surface area (Å²) < 4.78 is 37.7. The lowest BCUT2D eigenvalue weighted by Crippen LogP contribution is -2.26. The first-order chi connectivity index (χ1) is 8.76. The van der Waals surface area contributed by atoms with Gasteiger partial charge in [-0.05, 0) is 23.0 Å². The van der Waals surface area contributed by atoms with Crippen molar-refractivity contribution in [1.82, 2.24) is 4.72 Å². The maximum Gasteiger partial charge on any atom is 0.293 e. The van der Waals surface area contributed by atoms with Gasteiger partial charge in [0.1, 0.15) is 11.5 Å². The monoisotopic (exact) mass is 355 g/mol. The molecule has 0 unspecified atom stereocenters. The molecule has 0 saturated heterocycles. The van der Waals surface area contributed by atoms with Gasteiger partial charge in [0.05, 0.1) is 15.1 Å². The molecule has 1 rings (SSSR count). The largest absolute Gasteiger partial charge is 0.378 e. The Morgan fingerprint density at radius 1 is 1.47 bits per heavy atom. The van der Waals surface area contributed by atoms with Crippen LogP contribution in [-0.2, 0) is 10.0 Å². The molecule has 1 aromatic rings. The molecular weight excluding hydrogens is 345 g/mol. The number of rotatable bonds is 6. The van der Waals surface area contributed by atoms with Gasteiger partial charge in [-0.15, -0.1) is 0 Å². The minimum Gasteiger partial charge on any atom is -0.378 e. The third-order valence-corrected chi connectivity index (χ3v) is 4.20. The molecule has 0 radical (unpaired) electrons. The van der Waals surface area contributed by atoms with E-state index in [9.17, 15) is 22.9 Å². The first kappa shape index (κ1) is 15.8. The summed E-state index contributed by atoms with van der Waals surface area (Å²) in [4.78, 5) is 10.1. The normalized spacial score (nSPS) is 11.3. The fraction of sp³-hybridized carbons (Fsp3) is 0.333. The van der Waals surface area contributed by atoms with Gasteiger partial charge < -0.3 is 5.32 Å². The SMILES string of the molecule is CNS(=O)(=O)CCNc1cc(F)c(Br)cc1[N+](=O)[O-]. The van der Waals surface area contributed by atoms with Crippen LogP contribution in [0.5, 0.6) is 0 Å². The maximum atomic E-state index is 13.3. The Kier molecular flexibility index (Phi) is 5.20. The zero-order valence-electron chi connectivity index (χ0n) is 9.81. The highest BCUT2D eigenvalue weighted by atomic mass is 79.9. The smallest absolute Gasteiger partial charge is 0.293 e. The number of nitrogens with one attached hydrogen (secondary N) is 2. The summed E-state index contributed by atoms with van der Waals surface area (Å²) in [6.45, 7) is -0.0783. The van der Waals surface area contributed by atoms with Crippen LogP contribution < -0.4 is 10.0 Å². The molecule has 0 amide bonds. The second kappa shape index (κ2) is 6.26. The average molecular weight is 356 g/mol. The molecule has 106 valence electrons. The molecule has 0 fully saturated rings. The Labute approximate surface area is 117 Å². The number of sulfonamides is 1. The van der Waals surface area contributed by atoms with E-state index in [1.165, 1.54) is 7.05 Å². The molecule has 1 aromatic carbocycles. The van der Waals surface area contributed by atoms with E-state index in [-0.39, 0.29) is 28.1 Å². The van der Waals surface area contributed by atoms with E-state index in [0.717, 1.165) is 12.1 Å². The van der Waals surface area contributed by atoms with E-state index in [1.807, 2.05) is 0 Å². The van der Waals surface area contributed by atoms with Crippen LogP contribution in [0.3, 0.4) is 0 Å². The lowest BCUT2D eigenvalue weighted by atomic mass is 10.2. The lowest BCUT2D eigenvalue weighted by Gasteiger charge is -2.08. The van der Waals surface area contributed by atoms with Crippen LogP contribution in [-0.4, -0.2) is 32.7 Å². The maximum absolute atomic E-state index is 13.3. The van der Waals surface area contributed by atoms with Crippen molar-refractivity contribution in [2.24, 2.45) is 0 Å². The molecule has 0 aromatic heterocycles. The van der Waals surface area contributed by atoms with Crippen molar-refractivity contribution in [3.8, 4) is 0 Å². The Hall–Kier alpha value is -1.26. The number of hydrogen-bond acceptors (Lipinski definition) is 5.